The summed E-state index contributed by atoms with van der Waals surface area (Å²) < 4.78 is 23.7. The predicted molar refractivity (Wildman–Crippen MR) is 64.4 cm³/mol. The monoisotopic (exact) mass is 236 g/mol. The first-order valence-electron chi connectivity index (χ1n) is 5.37. The zero-order valence-corrected chi connectivity index (χ0v) is 12.1. The molecule has 0 aliphatic rings. The van der Waals surface area contributed by atoms with Gasteiger partial charge >= 0.3 is 7.60 Å². The molecular weight excluding hydrogens is 211 g/mol. The third-order valence-electron chi connectivity index (χ3n) is 1.43. The van der Waals surface area contributed by atoms with Crippen LogP contribution in [0.15, 0.2) is 0 Å². The molecule has 0 unspecified atom stereocenters. The van der Waals surface area contributed by atoms with Crippen molar-refractivity contribution in [2.75, 3.05) is 0 Å². The lowest BCUT2D eigenvalue weighted by molar-refractivity contribution is 0.0463. The van der Waals surface area contributed by atoms with Crippen LogP contribution in [0.2, 0.25) is 0 Å². The first-order valence-corrected chi connectivity index (χ1v) is 6.98. The molecule has 0 rings (SSSR count). The Morgan fingerprint density at radius 3 is 1.27 bits per heavy atom. The molecule has 0 aromatic rings. The average molecular weight is 236 g/mol. The van der Waals surface area contributed by atoms with E-state index in [2.05, 4.69) is 0 Å². The molecule has 0 aromatic heterocycles. The molecule has 4 heteroatoms. The quantitative estimate of drug-likeness (QED) is 0.688. The Labute approximate surface area is 94.1 Å². The molecule has 0 spiro atoms. The Morgan fingerprint density at radius 1 is 0.867 bits per heavy atom. The summed E-state index contributed by atoms with van der Waals surface area (Å²) in [4.78, 5) is 0. The largest absolute Gasteiger partial charge is 0.334 e. The summed E-state index contributed by atoms with van der Waals surface area (Å²) in [5.74, 6) is 0. The number of hydrogen-bond acceptors (Lipinski definition) is 3. The normalized spacial score (nSPS) is 14.7. The van der Waals surface area contributed by atoms with Crippen molar-refractivity contribution >= 4 is 7.60 Å². The molecule has 0 saturated heterocycles. The van der Waals surface area contributed by atoms with E-state index in [-0.39, 0.29) is 5.66 Å². The Hall–Kier alpha value is 0.150. The van der Waals surface area contributed by atoms with Gasteiger partial charge in [-0.15, -0.1) is 0 Å². The van der Waals surface area contributed by atoms with E-state index in [4.69, 9.17) is 9.05 Å². The van der Waals surface area contributed by atoms with Crippen molar-refractivity contribution in [2.45, 2.75) is 72.3 Å². The molecule has 0 amide bonds. The molecule has 0 saturated carbocycles. The second kappa shape index (κ2) is 4.57. The van der Waals surface area contributed by atoms with Crippen molar-refractivity contribution in [3.63, 3.8) is 0 Å². The van der Waals surface area contributed by atoms with Gasteiger partial charge in [0.25, 0.3) is 0 Å². The molecule has 92 valence electrons. The van der Waals surface area contributed by atoms with E-state index in [9.17, 15) is 4.57 Å². The molecule has 0 aliphatic carbocycles. The molecule has 0 bridgehead atoms. The van der Waals surface area contributed by atoms with Gasteiger partial charge in [0.2, 0.25) is 0 Å². The van der Waals surface area contributed by atoms with Crippen LogP contribution in [0.3, 0.4) is 0 Å². The molecule has 0 atom stereocenters. The van der Waals surface area contributed by atoms with Crippen molar-refractivity contribution in [2.24, 2.45) is 0 Å². The molecule has 0 N–H and O–H groups in total. The summed E-state index contributed by atoms with van der Waals surface area (Å²) in [7, 11) is -3.03. The van der Waals surface area contributed by atoms with Gasteiger partial charge in [0.1, 0.15) is 0 Å². The maximum atomic E-state index is 12.5. The van der Waals surface area contributed by atoms with Crippen LogP contribution in [0.4, 0.5) is 0 Å². The van der Waals surface area contributed by atoms with E-state index in [0.717, 1.165) is 0 Å². The first kappa shape index (κ1) is 15.2. The van der Waals surface area contributed by atoms with Crippen LogP contribution in [0.5, 0.6) is 0 Å². The van der Waals surface area contributed by atoms with E-state index in [1.807, 2.05) is 55.4 Å². The molecule has 0 aromatic carbocycles. The van der Waals surface area contributed by atoms with Crippen LogP contribution >= 0.6 is 7.60 Å². The van der Waals surface area contributed by atoms with Crippen molar-refractivity contribution in [3.8, 4) is 0 Å². The van der Waals surface area contributed by atoms with Crippen molar-refractivity contribution < 1.29 is 13.6 Å². The predicted octanol–water partition coefficient (Wildman–Crippen LogP) is 4.22. The second-order valence-corrected chi connectivity index (χ2v) is 8.52. The minimum atomic E-state index is -3.03. The van der Waals surface area contributed by atoms with Gasteiger partial charge < -0.3 is 9.05 Å². The van der Waals surface area contributed by atoms with E-state index < -0.39 is 18.8 Å². The SMILES string of the molecule is CC(C)P(=O)(OC(C)(C)C)OC(C)(C)C. The summed E-state index contributed by atoms with van der Waals surface area (Å²) in [6, 6.07) is 0. The molecule has 0 radical (unpaired) electrons. The van der Waals surface area contributed by atoms with E-state index in [1.165, 1.54) is 0 Å². The van der Waals surface area contributed by atoms with Gasteiger partial charge in [0.15, 0.2) is 0 Å². The highest BCUT2D eigenvalue weighted by atomic mass is 31.2. The van der Waals surface area contributed by atoms with Gasteiger partial charge in [0.05, 0.1) is 16.9 Å². The molecule has 0 heterocycles. The van der Waals surface area contributed by atoms with Crippen LogP contribution in [0.1, 0.15) is 55.4 Å². The first-order chi connectivity index (χ1) is 6.36. The highest BCUT2D eigenvalue weighted by molar-refractivity contribution is 7.54. The number of rotatable bonds is 3. The molecular formula is C11H25O3P. The summed E-state index contributed by atoms with van der Waals surface area (Å²) in [6.45, 7) is 15.0. The summed E-state index contributed by atoms with van der Waals surface area (Å²) in [5.41, 5.74) is -1.04. The molecule has 0 fully saturated rings. The molecule has 15 heavy (non-hydrogen) atoms. The van der Waals surface area contributed by atoms with Crippen LogP contribution in [0.25, 0.3) is 0 Å². The van der Waals surface area contributed by atoms with Crippen LogP contribution < -0.4 is 0 Å². The molecule has 3 nitrogen and oxygen atoms in total. The Kier molecular flexibility index (Phi) is 4.61. The maximum Gasteiger partial charge on any atom is 0.334 e. The fraction of sp³-hybridized carbons (Fsp3) is 1.00. The zero-order valence-electron chi connectivity index (χ0n) is 11.2. The highest BCUT2D eigenvalue weighted by Crippen LogP contribution is 2.57. The smallest absolute Gasteiger partial charge is 0.303 e. The maximum absolute atomic E-state index is 12.5. The van der Waals surface area contributed by atoms with E-state index in [1.54, 1.807) is 0 Å². The van der Waals surface area contributed by atoms with Crippen LogP contribution in [-0.2, 0) is 13.6 Å². The van der Waals surface area contributed by atoms with E-state index in [0.29, 0.717) is 0 Å². The fourth-order valence-electron chi connectivity index (χ4n) is 0.993. The minimum absolute atomic E-state index is 0.129. The lowest BCUT2D eigenvalue weighted by atomic mass is 10.2. The number of hydrogen-bond donors (Lipinski definition) is 0. The summed E-state index contributed by atoms with van der Waals surface area (Å²) >= 11 is 0. The second-order valence-electron chi connectivity index (χ2n) is 6.04. The Balaban J connectivity index is 4.86. The zero-order chi connectivity index (χ0) is 12.5. The lowest BCUT2D eigenvalue weighted by Crippen LogP contribution is -2.26. The van der Waals surface area contributed by atoms with Crippen LogP contribution in [0, 0.1) is 0 Å². The van der Waals surface area contributed by atoms with Gasteiger partial charge in [-0.1, -0.05) is 13.8 Å². The van der Waals surface area contributed by atoms with Gasteiger partial charge in [0, 0.05) is 0 Å². The van der Waals surface area contributed by atoms with Crippen LogP contribution in [-0.4, -0.2) is 16.9 Å². The lowest BCUT2D eigenvalue weighted by Gasteiger charge is -2.34. The van der Waals surface area contributed by atoms with Crippen molar-refractivity contribution in [1.29, 1.82) is 0 Å². The third kappa shape index (κ3) is 6.34. The van der Waals surface area contributed by atoms with Crippen molar-refractivity contribution in [3.05, 3.63) is 0 Å². The molecule has 0 aliphatic heterocycles. The Bertz CT molecular complexity index is 226. The minimum Gasteiger partial charge on any atom is -0.303 e. The summed E-state index contributed by atoms with van der Waals surface area (Å²) in [6.07, 6.45) is 0. The summed E-state index contributed by atoms with van der Waals surface area (Å²) in [5, 5.41) is 0. The van der Waals surface area contributed by atoms with Gasteiger partial charge in [-0.3, -0.25) is 4.57 Å². The topological polar surface area (TPSA) is 35.5 Å². The van der Waals surface area contributed by atoms with Gasteiger partial charge in [-0.2, -0.15) is 0 Å². The standard InChI is InChI=1S/C11H25O3P/c1-9(2)15(12,13-10(3,4)5)14-11(6,7)8/h9H,1-8H3. The Morgan fingerprint density at radius 2 is 1.13 bits per heavy atom. The van der Waals surface area contributed by atoms with Crippen molar-refractivity contribution in [1.82, 2.24) is 0 Å². The van der Waals surface area contributed by atoms with Gasteiger partial charge in [-0.05, 0) is 41.5 Å². The van der Waals surface area contributed by atoms with E-state index >= 15 is 0 Å². The average Bonchev–Trinajstić information content (AvgIpc) is 1.75. The highest BCUT2D eigenvalue weighted by Gasteiger charge is 2.37. The van der Waals surface area contributed by atoms with Gasteiger partial charge in [-0.25, -0.2) is 0 Å². The third-order valence-corrected chi connectivity index (χ3v) is 4.30. The fourth-order valence-corrected chi connectivity index (χ4v) is 2.98.